The van der Waals surface area contributed by atoms with Gasteiger partial charge in [0, 0.05) is 30.3 Å². The number of hydrogen-bond donors (Lipinski definition) is 2. The molecule has 0 bridgehead atoms. The quantitative estimate of drug-likeness (QED) is 0.793. The van der Waals surface area contributed by atoms with Crippen LogP contribution in [0.5, 0.6) is 0 Å². The van der Waals surface area contributed by atoms with Gasteiger partial charge >= 0.3 is 6.09 Å². The Kier molecular flexibility index (Phi) is 7.48. The second-order valence-corrected chi connectivity index (χ2v) is 9.43. The number of hydrogen-bond acceptors (Lipinski definition) is 5. The number of thioether (sulfide) groups is 1. The third kappa shape index (κ3) is 6.97. The van der Waals surface area contributed by atoms with Gasteiger partial charge in [0.05, 0.1) is 4.90 Å². The summed E-state index contributed by atoms with van der Waals surface area (Å²) < 4.78 is 19.5. The number of anilines is 1. The van der Waals surface area contributed by atoms with Crippen LogP contribution in [0.1, 0.15) is 20.8 Å². The summed E-state index contributed by atoms with van der Waals surface area (Å²) in [5, 5.41) is 5.08. The summed E-state index contributed by atoms with van der Waals surface area (Å²) in [4.78, 5) is 24.1. The van der Waals surface area contributed by atoms with Gasteiger partial charge in [-0.3, -0.25) is 4.79 Å². The van der Waals surface area contributed by atoms with E-state index < -0.39 is 22.7 Å². The van der Waals surface area contributed by atoms with E-state index in [0.717, 1.165) is 24.6 Å². The molecule has 7 nitrogen and oxygen atoms in total. The van der Waals surface area contributed by atoms with E-state index in [4.69, 9.17) is 4.74 Å². The lowest BCUT2D eigenvalue weighted by atomic mass is 10.2. The maximum absolute atomic E-state index is 12.5. The number of carbonyl (C=O) groups is 2. The van der Waals surface area contributed by atoms with Gasteiger partial charge in [0.25, 0.3) is 0 Å². The molecule has 0 radical (unpaired) electrons. The normalized spacial score (nSPS) is 16.6. The first-order chi connectivity index (χ1) is 12.2. The summed E-state index contributed by atoms with van der Waals surface area (Å²) in [6, 6.07) is 6.90. The SMILES string of the molecule is CC(C)(C)OC(=O)NCC(=O)Nc1ccc(S(=O)N2CCSCC2)cc1. The van der Waals surface area contributed by atoms with E-state index in [9.17, 15) is 13.8 Å². The van der Waals surface area contributed by atoms with E-state index in [2.05, 4.69) is 10.6 Å². The number of carbonyl (C=O) groups excluding carboxylic acids is 2. The third-order valence-corrected chi connectivity index (χ3v) is 5.79. The Bertz CT molecular complexity index is 653. The lowest BCUT2D eigenvalue weighted by Gasteiger charge is -2.24. The number of nitrogens with zero attached hydrogens (tertiary/aromatic N) is 1. The topological polar surface area (TPSA) is 87.7 Å². The number of nitrogens with one attached hydrogen (secondary N) is 2. The number of ether oxygens (including phenoxy) is 1. The number of amides is 2. The molecule has 9 heteroatoms. The molecule has 0 aromatic heterocycles. The predicted octanol–water partition coefficient (Wildman–Crippen LogP) is 2.22. The van der Waals surface area contributed by atoms with Gasteiger partial charge < -0.3 is 15.4 Å². The van der Waals surface area contributed by atoms with Gasteiger partial charge in [-0.15, -0.1) is 0 Å². The predicted molar refractivity (Wildman–Crippen MR) is 105 cm³/mol. The zero-order chi connectivity index (χ0) is 19.2. The van der Waals surface area contributed by atoms with Gasteiger partial charge in [0.1, 0.15) is 23.1 Å². The second kappa shape index (κ2) is 9.38. The Morgan fingerprint density at radius 2 is 1.81 bits per heavy atom. The summed E-state index contributed by atoms with van der Waals surface area (Å²) in [5.74, 6) is 1.62. The molecule has 0 saturated carbocycles. The van der Waals surface area contributed by atoms with Crippen LogP contribution in [0.2, 0.25) is 0 Å². The smallest absolute Gasteiger partial charge is 0.408 e. The molecule has 1 heterocycles. The first-order valence-electron chi connectivity index (χ1n) is 8.36. The van der Waals surface area contributed by atoms with Crippen molar-refractivity contribution in [3.63, 3.8) is 0 Å². The largest absolute Gasteiger partial charge is 0.444 e. The van der Waals surface area contributed by atoms with Crippen molar-refractivity contribution < 1.29 is 18.5 Å². The van der Waals surface area contributed by atoms with E-state index in [1.165, 1.54) is 0 Å². The lowest BCUT2D eigenvalue weighted by Crippen LogP contribution is -2.37. The fourth-order valence-electron chi connectivity index (χ4n) is 2.19. The van der Waals surface area contributed by atoms with E-state index in [-0.39, 0.29) is 12.5 Å². The Hall–Kier alpha value is -1.58. The highest BCUT2D eigenvalue weighted by Gasteiger charge is 2.18. The van der Waals surface area contributed by atoms with Crippen molar-refractivity contribution in [2.45, 2.75) is 31.3 Å². The van der Waals surface area contributed by atoms with Crippen molar-refractivity contribution in [2.75, 3.05) is 36.5 Å². The van der Waals surface area contributed by atoms with Crippen molar-refractivity contribution in [3.8, 4) is 0 Å². The molecule has 1 aromatic rings. The van der Waals surface area contributed by atoms with Crippen LogP contribution < -0.4 is 10.6 Å². The Labute approximate surface area is 160 Å². The minimum atomic E-state index is -1.18. The fourth-order valence-corrected chi connectivity index (χ4v) is 4.50. The number of benzene rings is 1. The Balaban J connectivity index is 1.81. The molecule has 1 aromatic carbocycles. The minimum absolute atomic E-state index is 0.186. The van der Waals surface area contributed by atoms with Gasteiger partial charge in [-0.05, 0) is 45.0 Å². The molecule has 1 fully saturated rings. The van der Waals surface area contributed by atoms with Gasteiger partial charge in [-0.25, -0.2) is 13.3 Å². The molecule has 1 unspecified atom stereocenters. The molecule has 2 amide bonds. The molecule has 144 valence electrons. The highest BCUT2D eigenvalue weighted by molar-refractivity contribution is 7.99. The zero-order valence-corrected chi connectivity index (χ0v) is 16.9. The molecular formula is C17H25N3O4S2. The van der Waals surface area contributed by atoms with Crippen molar-refractivity contribution >= 4 is 40.4 Å². The number of rotatable bonds is 5. The van der Waals surface area contributed by atoms with Crippen LogP contribution in [0.25, 0.3) is 0 Å². The van der Waals surface area contributed by atoms with Gasteiger partial charge in [-0.1, -0.05) is 0 Å². The maximum atomic E-state index is 12.5. The summed E-state index contributed by atoms with van der Waals surface area (Å²) in [6.07, 6.45) is -0.641. The summed E-state index contributed by atoms with van der Waals surface area (Å²) in [6.45, 7) is 6.69. The van der Waals surface area contributed by atoms with Crippen LogP contribution >= 0.6 is 11.8 Å². The monoisotopic (exact) mass is 399 g/mol. The van der Waals surface area contributed by atoms with Crippen LogP contribution in [-0.4, -0.2) is 57.3 Å². The second-order valence-electron chi connectivity index (χ2n) is 6.72. The molecule has 0 aliphatic carbocycles. The first-order valence-corrected chi connectivity index (χ1v) is 10.6. The first kappa shape index (κ1) is 20.7. The van der Waals surface area contributed by atoms with E-state index >= 15 is 0 Å². The van der Waals surface area contributed by atoms with Crippen LogP contribution in [0.3, 0.4) is 0 Å². The van der Waals surface area contributed by atoms with E-state index in [1.807, 2.05) is 16.1 Å². The van der Waals surface area contributed by atoms with Crippen LogP contribution in [0.15, 0.2) is 29.2 Å². The average Bonchev–Trinajstić information content (AvgIpc) is 2.59. The zero-order valence-electron chi connectivity index (χ0n) is 15.2. The highest BCUT2D eigenvalue weighted by atomic mass is 32.2. The molecule has 26 heavy (non-hydrogen) atoms. The van der Waals surface area contributed by atoms with Gasteiger partial charge in [0.2, 0.25) is 5.91 Å². The molecule has 0 spiro atoms. The molecule has 2 N–H and O–H groups in total. The minimum Gasteiger partial charge on any atom is -0.444 e. The molecule has 2 rings (SSSR count). The van der Waals surface area contributed by atoms with Gasteiger partial charge in [0.15, 0.2) is 0 Å². The average molecular weight is 400 g/mol. The van der Waals surface area contributed by atoms with Crippen LogP contribution in [-0.2, 0) is 20.5 Å². The maximum Gasteiger partial charge on any atom is 0.408 e. The van der Waals surface area contributed by atoms with Crippen LogP contribution in [0, 0.1) is 0 Å². The third-order valence-electron chi connectivity index (χ3n) is 3.34. The Morgan fingerprint density at radius 1 is 1.19 bits per heavy atom. The highest BCUT2D eigenvalue weighted by Crippen LogP contribution is 2.18. The molecule has 1 aliphatic rings. The van der Waals surface area contributed by atoms with Crippen molar-refractivity contribution in [2.24, 2.45) is 0 Å². The summed E-state index contributed by atoms with van der Waals surface area (Å²) in [7, 11) is -1.18. The molecule has 1 saturated heterocycles. The van der Waals surface area contributed by atoms with Crippen LogP contribution in [0.4, 0.5) is 10.5 Å². The Morgan fingerprint density at radius 3 is 2.38 bits per heavy atom. The molecule has 1 atom stereocenters. The van der Waals surface area contributed by atoms with E-state index in [1.54, 1.807) is 45.0 Å². The van der Waals surface area contributed by atoms with Crippen molar-refractivity contribution in [1.29, 1.82) is 0 Å². The van der Waals surface area contributed by atoms with E-state index in [0.29, 0.717) is 10.6 Å². The fraction of sp³-hybridized carbons (Fsp3) is 0.529. The summed E-state index contributed by atoms with van der Waals surface area (Å²) in [5.41, 5.74) is -0.0324. The molecule has 1 aliphatic heterocycles. The lowest BCUT2D eigenvalue weighted by molar-refractivity contribution is -0.115. The van der Waals surface area contributed by atoms with Gasteiger partial charge in [-0.2, -0.15) is 11.8 Å². The molecular weight excluding hydrogens is 374 g/mol. The summed E-state index contributed by atoms with van der Waals surface area (Å²) >= 11 is 1.87. The van der Waals surface area contributed by atoms with Crippen molar-refractivity contribution in [1.82, 2.24) is 9.62 Å². The standard InChI is InChI=1S/C17H25N3O4S2/c1-17(2,3)24-16(22)18-12-15(21)19-13-4-6-14(7-5-13)26(23)20-8-10-25-11-9-20/h4-7H,8-12H2,1-3H3,(H,18,22)(H,19,21). The number of alkyl carbamates (subject to hydrolysis) is 1. The van der Waals surface area contributed by atoms with Crippen molar-refractivity contribution in [3.05, 3.63) is 24.3 Å².